The smallest absolute Gasteiger partial charge is 0.352 e. The fourth-order valence-corrected chi connectivity index (χ4v) is 2.27. The molecule has 0 aliphatic heterocycles. The van der Waals surface area contributed by atoms with Gasteiger partial charge in [0.25, 0.3) is 0 Å². The highest BCUT2D eigenvalue weighted by molar-refractivity contribution is 5.76. The first-order chi connectivity index (χ1) is 11.3. The van der Waals surface area contributed by atoms with Crippen molar-refractivity contribution in [3.8, 4) is 0 Å². The normalized spacial score (nSPS) is 12.7. The number of hydrogen-bond acceptors (Lipinski definition) is 1. The van der Waals surface area contributed by atoms with Gasteiger partial charge in [0.05, 0.1) is 5.56 Å². The SMILES string of the molecule is CC(CC(=O)NCc1ccc(C(F)(F)F)cc1)c1ccc(F)cc1. The number of alkyl halides is 3. The van der Waals surface area contributed by atoms with Gasteiger partial charge in [-0.05, 0) is 41.3 Å². The van der Waals surface area contributed by atoms with Gasteiger partial charge in [0.2, 0.25) is 5.91 Å². The molecular weight excluding hydrogens is 322 g/mol. The van der Waals surface area contributed by atoms with Crippen LogP contribution >= 0.6 is 0 Å². The molecule has 2 rings (SSSR count). The van der Waals surface area contributed by atoms with Gasteiger partial charge in [-0.3, -0.25) is 4.79 Å². The highest BCUT2D eigenvalue weighted by Gasteiger charge is 2.29. The summed E-state index contributed by atoms with van der Waals surface area (Å²) in [5.41, 5.74) is 0.717. The van der Waals surface area contributed by atoms with Crippen molar-refractivity contribution in [1.29, 1.82) is 0 Å². The van der Waals surface area contributed by atoms with Gasteiger partial charge in [0.1, 0.15) is 5.82 Å². The van der Waals surface area contributed by atoms with Gasteiger partial charge in [-0.2, -0.15) is 13.2 Å². The van der Waals surface area contributed by atoms with Gasteiger partial charge >= 0.3 is 6.18 Å². The minimum absolute atomic E-state index is 0.0850. The third-order valence-electron chi connectivity index (χ3n) is 3.70. The van der Waals surface area contributed by atoms with E-state index in [0.29, 0.717) is 5.56 Å². The van der Waals surface area contributed by atoms with Crippen LogP contribution in [-0.4, -0.2) is 5.91 Å². The van der Waals surface area contributed by atoms with Crippen LogP contribution < -0.4 is 5.32 Å². The second kappa shape index (κ2) is 7.47. The lowest BCUT2D eigenvalue weighted by Crippen LogP contribution is -2.24. The van der Waals surface area contributed by atoms with Crippen LogP contribution in [0.4, 0.5) is 17.6 Å². The maximum Gasteiger partial charge on any atom is 0.416 e. The van der Waals surface area contributed by atoms with Gasteiger partial charge in [0, 0.05) is 13.0 Å². The van der Waals surface area contributed by atoms with Gasteiger partial charge in [-0.15, -0.1) is 0 Å². The Morgan fingerprint density at radius 2 is 1.62 bits per heavy atom. The van der Waals surface area contributed by atoms with E-state index in [-0.39, 0.29) is 30.6 Å². The van der Waals surface area contributed by atoms with Crippen molar-refractivity contribution in [3.05, 3.63) is 71.0 Å². The zero-order valence-corrected chi connectivity index (χ0v) is 13.0. The maximum absolute atomic E-state index is 12.9. The third-order valence-corrected chi connectivity index (χ3v) is 3.70. The lowest BCUT2D eigenvalue weighted by Gasteiger charge is -2.12. The van der Waals surface area contributed by atoms with E-state index >= 15 is 0 Å². The molecule has 0 saturated heterocycles. The van der Waals surface area contributed by atoms with Crippen molar-refractivity contribution < 1.29 is 22.4 Å². The molecule has 128 valence electrons. The average Bonchev–Trinajstić information content (AvgIpc) is 2.53. The van der Waals surface area contributed by atoms with Crippen LogP contribution in [0.1, 0.15) is 36.0 Å². The van der Waals surface area contributed by atoms with E-state index in [1.807, 2.05) is 6.92 Å². The molecule has 2 aromatic carbocycles. The Balaban J connectivity index is 1.85. The number of nitrogens with one attached hydrogen (secondary N) is 1. The number of carbonyl (C=O) groups excluding carboxylic acids is 1. The standard InChI is InChI=1S/C18H17F4NO/c1-12(14-4-8-16(19)9-5-14)10-17(24)23-11-13-2-6-15(7-3-13)18(20,21)22/h2-9,12H,10-11H2,1H3,(H,23,24). The van der Waals surface area contributed by atoms with Crippen LogP contribution in [0, 0.1) is 5.82 Å². The fourth-order valence-electron chi connectivity index (χ4n) is 2.27. The highest BCUT2D eigenvalue weighted by atomic mass is 19.4. The van der Waals surface area contributed by atoms with E-state index < -0.39 is 11.7 Å². The summed E-state index contributed by atoms with van der Waals surface area (Å²) < 4.78 is 50.3. The monoisotopic (exact) mass is 339 g/mol. The number of amides is 1. The third kappa shape index (κ3) is 5.08. The van der Waals surface area contributed by atoms with Gasteiger partial charge in [0.15, 0.2) is 0 Å². The fraction of sp³-hybridized carbons (Fsp3) is 0.278. The summed E-state index contributed by atoms with van der Waals surface area (Å²) in [6.07, 6.45) is -4.15. The van der Waals surface area contributed by atoms with Gasteiger partial charge in [-0.1, -0.05) is 31.2 Å². The second-order valence-corrected chi connectivity index (χ2v) is 5.63. The number of rotatable bonds is 5. The zero-order chi connectivity index (χ0) is 17.7. The molecule has 24 heavy (non-hydrogen) atoms. The Kier molecular flexibility index (Phi) is 5.59. The molecule has 0 fully saturated rings. The topological polar surface area (TPSA) is 29.1 Å². The van der Waals surface area contributed by atoms with Crippen molar-refractivity contribution in [2.24, 2.45) is 0 Å². The zero-order valence-electron chi connectivity index (χ0n) is 13.0. The van der Waals surface area contributed by atoms with Crippen molar-refractivity contribution >= 4 is 5.91 Å². The summed E-state index contributed by atoms with van der Waals surface area (Å²) in [6, 6.07) is 10.6. The average molecular weight is 339 g/mol. The Hall–Kier alpha value is -2.37. The Morgan fingerprint density at radius 1 is 1.04 bits per heavy atom. The molecular formula is C18H17F4NO. The molecule has 1 N–H and O–H groups in total. The molecule has 2 aromatic rings. The molecule has 1 unspecified atom stereocenters. The summed E-state index contributed by atoms with van der Waals surface area (Å²) in [4.78, 5) is 11.9. The summed E-state index contributed by atoms with van der Waals surface area (Å²) in [5.74, 6) is -0.636. The predicted octanol–water partition coefficient (Wildman–Crippen LogP) is 4.65. The minimum atomic E-state index is -4.37. The number of halogens is 4. The summed E-state index contributed by atoms with van der Waals surface area (Å²) >= 11 is 0. The lowest BCUT2D eigenvalue weighted by atomic mass is 9.97. The first kappa shape index (κ1) is 18.0. The van der Waals surface area contributed by atoms with E-state index in [4.69, 9.17) is 0 Å². The van der Waals surface area contributed by atoms with E-state index in [2.05, 4.69) is 5.32 Å². The van der Waals surface area contributed by atoms with Crippen molar-refractivity contribution in [3.63, 3.8) is 0 Å². The predicted molar refractivity (Wildman–Crippen MR) is 82.7 cm³/mol. The van der Waals surface area contributed by atoms with Crippen LogP contribution in [0.3, 0.4) is 0 Å². The molecule has 0 bridgehead atoms. The van der Waals surface area contributed by atoms with E-state index in [1.165, 1.54) is 24.3 Å². The Morgan fingerprint density at radius 3 is 2.17 bits per heavy atom. The van der Waals surface area contributed by atoms with Crippen LogP contribution in [-0.2, 0) is 17.5 Å². The first-order valence-corrected chi connectivity index (χ1v) is 7.44. The largest absolute Gasteiger partial charge is 0.416 e. The lowest BCUT2D eigenvalue weighted by molar-refractivity contribution is -0.137. The van der Waals surface area contributed by atoms with Crippen molar-refractivity contribution in [2.75, 3.05) is 0 Å². The summed E-state index contributed by atoms with van der Waals surface area (Å²) in [6.45, 7) is 2.01. The second-order valence-electron chi connectivity index (χ2n) is 5.63. The van der Waals surface area contributed by atoms with Gasteiger partial charge in [-0.25, -0.2) is 4.39 Å². The molecule has 0 heterocycles. The van der Waals surface area contributed by atoms with Crippen LogP contribution in [0.25, 0.3) is 0 Å². The highest BCUT2D eigenvalue weighted by Crippen LogP contribution is 2.29. The van der Waals surface area contributed by atoms with E-state index in [9.17, 15) is 22.4 Å². The molecule has 0 aromatic heterocycles. The molecule has 0 spiro atoms. The quantitative estimate of drug-likeness (QED) is 0.789. The molecule has 2 nitrogen and oxygen atoms in total. The first-order valence-electron chi connectivity index (χ1n) is 7.44. The molecule has 0 saturated carbocycles. The Bertz CT molecular complexity index is 678. The van der Waals surface area contributed by atoms with Crippen LogP contribution in [0.15, 0.2) is 48.5 Å². The molecule has 1 atom stereocenters. The molecule has 0 aliphatic rings. The molecule has 0 radical (unpaired) electrons. The van der Waals surface area contributed by atoms with Crippen molar-refractivity contribution in [1.82, 2.24) is 5.32 Å². The number of benzene rings is 2. The minimum Gasteiger partial charge on any atom is -0.352 e. The van der Waals surface area contributed by atoms with Crippen LogP contribution in [0.2, 0.25) is 0 Å². The summed E-state index contributed by atoms with van der Waals surface area (Å²) in [5, 5.41) is 2.67. The molecule has 0 aliphatic carbocycles. The van der Waals surface area contributed by atoms with E-state index in [0.717, 1.165) is 17.7 Å². The number of hydrogen-bond donors (Lipinski definition) is 1. The van der Waals surface area contributed by atoms with Crippen LogP contribution in [0.5, 0.6) is 0 Å². The van der Waals surface area contributed by atoms with Crippen molar-refractivity contribution in [2.45, 2.75) is 32.0 Å². The molecule has 6 heteroatoms. The van der Waals surface area contributed by atoms with E-state index in [1.54, 1.807) is 12.1 Å². The molecule has 1 amide bonds. The number of carbonyl (C=O) groups is 1. The maximum atomic E-state index is 12.9. The van der Waals surface area contributed by atoms with Gasteiger partial charge < -0.3 is 5.32 Å². The summed E-state index contributed by atoms with van der Waals surface area (Å²) in [7, 11) is 0. The Labute approximate surface area is 137 Å².